The summed E-state index contributed by atoms with van der Waals surface area (Å²) in [5.41, 5.74) is 7.88. The summed E-state index contributed by atoms with van der Waals surface area (Å²) in [6.45, 7) is 8.54. The maximum Gasteiger partial charge on any atom is 0.225 e. The SMILES string of the molecule is CC(C)C(=O)N1CCCN(Cc2cccc(N)c2)CC1. The Hall–Kier alpha value is -1.55. The number of nitrogens with two attached hydrogens (primary N) is 1. The van der Waals surface area contributed by atoms with Gasteiger partial charge >= 0.3 is 0 Å². The van der Waals surface area contributed by atoms with Gasteiger partial charge in [-0.15, -0.1) is 0 Å². The van der Waals surface area contributed by atoms with E-state index < -0.39 is 0 Å². The Kier molecular flexibility index (Phi) is 5.01. The third-order valence-corrected chi connectivity index (χ3v) is 3.75. The lowest BCUT2D eigenvalue weighted by atomic mass is 10.2. The van der Waals surface area contributed by atoms with Crippen LogP contribution in [0.25, 0.3) is 0 Å². The molecular weight excluding hydrogens is 250 g/mol. The summed E-state index contributed by atoms with van der Waals surface area (Å²) < 4.78 is 0. The Bertz CT molecular complexity index is 459. The van der Waals surface area contributed by atoms with Gasteiger partial charge < -0.3 is 10.6 Å². The van der Waals surface area contributed by atoms with Crippen LogP contribution in [0, 0.1) is 5.92 Å². The maximum atomic E-state index is 12.1. The number of carbonyl (C=O) groups excluding carboxylic acids is 1. The van der Waals surface area contributed by atoms with Crippen molar-refractivity contribution in [2.75, 3.05) is 31.9 Å². The summed E-state index contributed by atoms with van der Waals surface area (Å²) in [6.07, 6.45) is 1.04. The van der Waals surface area contributed by atoms with Gasteiger partial charge in [-0.2, -0.15) is 0 Å². The van der Waals surface area contributed by atoms with E-state index in [1.54, 1.807) is 0 Å². The molecule has 0 atom stereocenters. The van der Waals surface area contributed by atoms with Gasteiger partial charge in [-0.3, -0.25) is 9.69 Å². The first kappa shape index (κ1) is 14.9. The van der Waals surface area contributed by atoms with Gasteiger partial charge in [0.2, 0.25) is 5.91 Å². The normalized spacial score (nSPS) is 17.2. The Morgan fingerprint density at radius 1 is 1.25 bits per heavy atom. The topological polar surface area (TPSA) is 49.6 Å². The highest BCUT2D eigenvalue weighted by Crippen LogP contribution is 2.13. The molecule has 0 aliphatic carbocycles. The van der Waals surface area contributed by atoms with Crippen LogP contribution < -0.4 is 5.73 Å². The van der Waals surface area contributed by atoms with Gasteiger partial charge in [-0.25, -0.2) is 0 Å². The molecule has 110 valence electrons. The lowest BCUT2D eigenvalue weighted by Crippen LogP contribution is -2.37. The van der Waals surface area contributed by atoms with Gasteiger partial charge in [-0.1, -0.05) is 26.0 Å². The molecule has 0 aromatic heterocycles. The van der Waals surface area contributed by atoms with E-state index >= 15 is 0 Å². The summed E-state index contributed by atoms with van der Waals surface area (Å²) in [5.74, 6) is 0.367. The summed E-state index contributed by atoms with van der Waals surface area (Å²) >= 11 is 0. The minimum Gasteiger partial charge on any atom is -0.399 e. The quantitative estimate of drug-likeness (QED) is 0.858. The first-order chi connectivity index (χ1) is 9.56. The second-order valence-corrected chi connectivity index (χ2v) is 5.85. The lowest BCUT2D eigenvalue weighted by Gasteiger charge is -2.23. The summed E-state index contributed by atoms with van der Waals surface area (Å²) in [5, 5.41) is 0. The van der Waals surface area contributed by atoms with Gasteiger partial charge in [-0.05, 0) is 24.1 Å². The Morgan fingerprint density at radius 3 is 2.75 bits per heavy atom. The average molecular weight is 275 g/mol. The smallest absolute Gasteiger partial charge is 0.225 e. The monoisotopic (exact) mass is 275 g/mol. The molecule has 1 heterocycles. The number of nitrogen functional groups attached to an aromatic ring is 1. The Balaban J connectivity index is 1.91. The van der Waals surface area contributed by atoms with Crippen molar-refractivity contribution in [3.63, 3.8) is 0 Å². The van der Waals surface area contributed by atoms with Crippen LogP contribution in [-0.2, 0) is 11.3 Å². The molecule has 2 N–H and O–H groups in total. The Labute approximate surface area is 121 Å². The predicted octanol–water partition coefficient (Wildman–Crippen LogP) is 1.96. The van der Waals surface area contributed by atoms with E-state index in [1.165, 1.54) is 5.56 Å². The van der Waals surface area contributed by atoms with E-state index in [4.69, 9.17) is 5.73 Å². The molecule has 20 heavy (non-hydrogen) atoms. The van der Waals surface area contributed by atoms with Crippen LogP contribution in [0.2, 0.25) is 0 Å². The van der Waals surface area contributed by atoms with Crippen molar-refractivity contribution in [1.29, 1.82) is 0 Å². The fourth-order valence-corrected chi connectivity index (χ4v) is 2.66. The van der Waals surface area contributed by atoms with Gasteiger partial charge in [0.05, 0.1) is 0 Å². The molecule has 4 nitrogen and oxygen atoms in total. The van der Waals surface area contributed by atoms with Crippen LogP contribution in [0.5, 0.6) is 0 Å². The number of hydrogen-bond donors (Lipinski definition) is 1. The summed E-state index contributed by atoms with van der Waals surface area (Å²) in [7, 11) is 0. The van der Waals surface area contributed by atoms with Crippen molar-refractivity contribution in [3.8, 4) is 0 Å². The third kappa shape index (κ3) is 3.97. The number of hydrogen-bond acceptors (Lipinski definition) is 3. The fraction of sp³-hybridized carbons (Fsp3) is 0.562. The number of rotatable bonds is 3. The van der Waals surface area contributed by atoms with Crippen molar-refractivity contribution in [2.45, 2.75) is 26.8 Å². The van der Waals surface area contributed by atoms with Crippen molar-refractivity contribution in [2.24, 2.45) is 5.92 Å². The first-order valence-corrected chi connectivity index (χ1v) is 7.42. The molecule has 0 saturated carbocycles. The number of amides is 1. The molecular formula is C16H25N3O. The van der Waals surface area contributed by atoms with Gasteiger partial charge in [0.15, 0.2) is 0 Å². The van der Waals surface area contributed by atoms with Crippen molar-refractivity contribution in [3.05, 3.63) is 29.8 Å². The largest absolute Gasteiger partial charge is 0.399 e. The van der Waals surface area contributed by atoms with Crippen molar-refractivity contribution >= 4 is 11.6 Å². The number of benzene rings is 1. The molecule has 2 rings (SSSR count). The highest BCUT2D eigenvalue weighted by Gasteiger charge is 2.20. The summed E-state index contributed by atoms with van der Waals surface area (Å²) in [6, 6.07) is 8.05. The van der Waals surface area contributed by atoms with Crippen molar-refractivity contribution in [1.82, 2.24) is 9.80 Å². The zero-order chi connectivity index (χ0) is 14.5. The molecule has 4 heteroatoms. The van der Waals surface area contributed by atoms with E-state index in [1.807, 2.05) is 36.9 Å². The number of anilines is 1. The summed E-state index contributed by atoms with van der Waals surface area (Å²) in [4.78, 5) is 16.5. The van der Waals surface area contributed by atoms with E-state index in [0.29, 0.717) is 0 Å². The van der Waals surface area contributed by atoms with Gasteiger partial charge in [0, 0.05) is 44.3 Å². The molecule has 0 radical (unpaired) electrons. The molecule has 1 aliphatic heterocycles. The molecule has 1 aromatic rings. The van der Waals surface area contributed by atoms with Crippen LogP contribution >= 0.6 is 0 Å². The second-order valence-electron chi connectivity index (χ2n) is 5.85. The molecule has 0 bridgehead atoms. The molecule has 1 aromatic carbocycles. The van der Waals surface area contributed by atoms with E-state index in [2.05, 4.69) is 11.0 Å². The molecule has 0 spiro atoms. The first-order valence-electron chi connectivity index (χ1n) is 7.42. The van der Waals surface area contributed by atoms with Crippen molar-refractivity contribution < 1.29 is 4.79 Å². The minimum absolute atomic E-state index is 0.0930. The Morgan fingerprint density at radius 2 is 2.05 bits per heavy atom. The molecule has 1 fully saturated rings. The van der Waals surface area contributed by atoms with Crippen LogP contribution in [0.15, 0.2) is 24.3 Å². The fourth-order valence-electron chi connectivity index (χ4n) is 2.66. The minimum atomic E-state index is 0.0930. The molecule has 1 amide bonds. The second kappa shape index (κ2) is 6.75. The van der Waals surface area contributed by atoms with Gasteiger partial charge in [0.25, 0.3) is 0 Å². The van der Waals surface area contributed by atoms with Gasteiger partial charge in [0.1, 0.15) is 0 Å². The number of carbonyl (C=O) groups is 1. The number of nitrogens with zero attached hydrogens (tertiary/aromatic N) is 2. The predicted molar refractivity (Wildman–Crippen MR) is 82.2 cm³/mol. The highest BCUT2D eigenvalue weighted by molar-refractivity contribution is 5.78. The van der Waals surface area contributed by atoms with E-state index in [0.717, 1.165) is 44.8 Å². The third-order valence-electron chi connectivity index (χ3n) is 3.75. The van der Waals surface area contributed by atoms with Crippen LogP contribution in [0.3, 0.4) is 0 Å². The standard InChI is InChI=1S/C16H25N3O/c1-13(2)16(20)19-8-4-7-18(9-10-19)12-14-5-3-6-15(17)11-14/h3,5-6,11,13H,4,7-10,12,17H2,1-2H3. The zero-order valence-corrected chi connectivity index (χ0v) is 12.5. The van der Waals surface area contributed by atoms with Crippen LogP contribution in [0.4, 0.5) is 5.69 Å². The van der Waals surface area contributed by atoms with E-state index in [-0.39, 0.29) is 11.8 Å². The lowest BCUT2D eigenvalue weighted by molar-refractivity contribution is -0.134. The average Bonchev–Trinajstić information content (AvgIpc) is 2.63. The highest BCUT2D eigenvalue weighted by atomic mass is 16.2. The maximum absolute atomic E-state index is 12.1. The zero-order valence-electron chi connectivity index (χ0n) is 12.5. The molecule has 1 saturated heterocycles. The molecule has 0 unspecified atom stereocenters. The van der Waals surface area contributed by atoms with Crippen LogP contribution in [0.1, 0.15) is 25.8 Å². The van der Waals surface area contributed by atoms with E-state index in [9.17, 15) is 4.79 Å². The van der Waals surface area contributed by atoms with Crippen LogP contribution in [-0.4, -0.2) is 41.9 Å². The molecule has 1 aliphatic rings.